The highest BCUT2D eigenvalue weighted by atomic mass is 16.5. The number of rotatable bonds is 5. The van der Waals surface area contributed by atoms with E-state index in [1.165, 1.54) is 6.42 Å². The van der Waals surface area contributed by atoms with Crippen LogP contribution in [-0.4, -0.2) is 38.6 Å². The van der Waals surface area contributed by atoms with Crippen LogP contribution >= 0.6 is 0 Å². The third kappa shape index (κ3) is 3.79. The first kappa shape index (κ1) is 18.5. The van der Waals surface area contributed by atoms with E-state index in [0.29, 0.717) is 24.0 Å². The minimum Gasteiger partial charge on any atom is -0.493 e. The van der Waals surface area contributed by atoms with E-state index in [0.717, 1.165) is 24.9 Å². The van der Waals surface area contributed by atoms with Gasteiger partial charge >= 0.3 is 0 Å². The molecule has 3 rings (SSSR count). The van der Waals surface area contributed by atoms with Gasteiger partial charge in [0.1, 0.15) is 0 Å². The van der Waals surface area contributed by atoms with Crippen molar-refractivity contribution in [3.05, 3.63) is 18.2 Å². The molecule has 26 heavy (non-hydrogen) atoms. The van der Waals surface area contributed by atoms with Gasteiger partial charge in [0.25, 0.3) is 0 Å². The molecule has 1 aromatic rings. The summed E-state index contributed by atoms with van der Waals surface area (Å²) in [7, 11) is 3.14. The summed E-state index contributed by atoms with van der Waals surface area (Å²) in [6.07, 6.45) is 4.85. The van der Waals surface area contributed by atoms with E-state index >= 15 is 0 Å². The second-order valence-corrected chi connectivity index (χ2v) is 7.32. The first-order valence-electron chi connectivity index (χ1n) is 9.36. The Balaban J connectivity index is 1.67. The fourth-order valence-corrected chi connectivity index (χ4v) is 3.96. The summed E-state index contributed by atoms with van der Waals surface area (Å²) in [4.78, 5) is 26.8. The monoisotopic (exact) mass is 360 g/mol. The third-order valence-corrected chi connectivity index (χ3v) is 5.61. The predicted molar refractivity (Wildman–Crippen MR) is 99.6 cm³/mol. The molecule has 142 valence electrons. The van der Waals surface area contributed by atoms with Crippen LogP contribution in [0.3, 0.4) is 0 Å². The number of amides is 2. The standard InChI is InChI=1S/C20H28N2O4/c1-13-6-4-5-7-16(13)21-20(24)14-10-19(23)22(12-14)15-8-9-17(25-2)18(11-15)26-3/h8-9,11,13-14,16H,4-7,10,12H2,1-3H3,(H,21,24)/t13-,14+,16-/m0/s1. The molecule has 1 saturated carbocycles. The van der Waals surface area contributed by atoms with Crippen LogP contribution in [-0.2, 0) is 9.59 Å². The molecule has 1 aliphatic carbocycles. The van der Waals surface area contributed by atoms with Gasteiger partial charge in [-0.15, -0.1) is 0 Å². The van der Waals surface area contributed by atoms with Gasteiger partial charge in [-0.1, -0.05) is 19.8 Å². The van der Waals surface area contributed by atoms with Crippen molar-refractivity contribution in [2.45, 2.75) is 45.1 Å². The smallest absolute Gasteiger partial charge is 0.227 e. The summed E-state index contributed by atoms with van der Waals surface area (Å²) in [5.41, 5.74) is 0.731. The molecule has 1 heterocycles. The highest BCUT2D eigenvalue weighted by Crippen LogP contribution is 2.34. The Kier molecular flexibility index (Phi) is 5.69. The van der Waals surface area contributed by atoms with E-state index in [2.05, 4.69) is 12.2 Å². The van der Waals surface area contributed by atoms with Gasteiger partial charge in [-0.05, 0) is 30.9 Å². The maximum atomic E-state index is 12.7. The van der Waals surface area contributed by atoms with E-state index in [4.69, 9.17) is 9.47 Å². The molecule has 0 bridgehead atoms. The van der Waals surface area contributed by atoms with Gasteiger partial charge in [0.2, 0.25) is 11.8 Å². The second kappa shape index (κ2) is 7.98. The molecule has 1 saturated heterocycles. The predicted octanol–water partition coefficient (Wildman–Crippen LogP) is 2.75. The Bertz CT molecular complexity index is 676. The van der Waals surface area contributed by atoms with Crippen molar-refractivity contribution in [2.75, 3.05) is 25.7 Å². The summed E-state index contributed by atoms with van der Waals surface area (Å²) in [5.74, 6) is 1.36. The number of carbonyl (C=O) groups is 2. The van der Waals surface area contributed by atoms with Crippen LogP contribution in [0.1, 0.15) is 39.0 Å². The maximum absolute atomic E-state index is 12.7. The fraction of sp³-hybridized carbons (Fsp3) is 0.600. The Morgan fingerprint density at radius 3 is 2.58 bits per heavy atom. The second-order valence-electron chi connectivity index (χ2n) is 7.32. The molecular formula is C20H28N2O4. The normalized spacial score (nSPS) is 25.9. The molecule has 1 aromatic carbocycles. The van der Waals surface area contributed by atoms with Crippen LogP contribution in [0.25, 0.3) is 0 Å². The fourth-order valence-electron chi connectivity index (χ4n) is 3.96. The summed E-state index contributed by atoms with van der Waals surface area (Å²) in [5, 5.41) is 3.18. The van der Waals surface area contributed by atoms with Crippen molar-refractivity contribution < 1.29 is 19.1 Å². The van der Waals surface area contributed by atoms with Crippen molar-refractivity contribution in [1.82, 2.24) is 5.32 Å². The average molecular weight is 360 g/mol. The number of carbonyl (C=O) groups excluding carboxylic acids is 2. The van der Waals surface area contributed by atoms with E-state index in [1.54, 1.807) is 31.3 Å². The molecular weight excluding hydrogens is 332 g/mol. The Morgan fingerprint density at radius 2 is 1.88 bits per heavy atom. The Morgan fingerprint density at radius 1 is 1.15 bits per heavy atom. The summed E-state index contributed by atoms with van der Waals surface area (Å²) < 4.78 is 10.6. The highest BCUT2D eigenvalue weighted by molar-refractivity contribution is 6.00. The molecule has 3 atom stereocenters. The van der Waals surface area contributed by atoms with Gasteiger partial charge in [-0.25, -0.2) is 0 Å². The van der Waals surface area contributed by atoms with Gasteiger partial charge < -0.3 is 19.7 Å². The van der Waals surface area contributed by atoms with E-state index in [9.17, 15) is 9.59 Å². The summed E-state index contributed by atoms with van der Waals surface area (Å²) in [6, 6.07) is 5.61. The molecule has 0 radical (unpaired) electrons. The van der Waals surface area contributed by atoms with Crippen LogP contribution in [0.5, 0.6) is 11.5 Å². The zero-order valence-electron chi connectivity index (χ0n) is 15.8. The summed E-state index contributed by atoms with van der Waals surface area (Å²) in [6.45, 7) is 2.60. The molecule has 2 aliphatic rings. The highest BCUT2D eigenvalue weighted by Gasteiger charge is 2.36. The van der Waals surface area contributed by atoms with Crippen LogP contribution in [0.2, 0.25) is 0 Å². The van der Waals surface area contributed by atoms with Crippen molar-refractivity contribution in [3.63, 3.8) is 0 Å². The zero-order chi connectivity index (χ0) is 18.7. The molecule has 0 unspecified atom stereocenters. The van der Waals surface area contributed by atoms with Gasteiger partial charge in [0, 0.05) is 30.8 Å². The number of methoxy groups -OCH3 is 2. The number of benzene rings is 1. The van der Waals surface area contributed by atoms with Gasteiger partial charge in [-0.2, -0.15) is 0 Å². The zero-order valence-corrected chi connectivity index (χ0v) is 15.8. The number of anilines is 1. The summed E-state index contributed by atoms with van der Waals surface area (Å²) >= 11 is 0. The van der Waals surface area contributed by atoms with Crippen molar-refractivity contribution in [1.29, 1.82) is 0 Å². The van der Waals surface area contributed by atoms with Crippen molar-refractivity contribution in [3.8, 4) is 11.5 Å². The maximum Gasteiger partial charge on any atom is 0.227 e. The first-order chi connectivity index (χ1) is 12.5. The molecule has 2 amide bonds. The first-order valence-corrected chi connectivity index (χ1v) is 9.36. The molecule has 1 N–H and O–H groups in total. The minimum atomic E-state index is -0.301. The van der Waals surface area contributed by atoms with Gasteiger partial charge in [0.15, 0.2) is 11.5 Å². The lowest BCUT2D eigenvalue weighted by Crippen LogP contribution is -2.44. The lowest BCUT2D eigenvalue weighted by molar-refractivity contribution is -0.127. The van der Waals surface area contributed by atoms with E-state index in [1.807, 2.05) is 6.07 Å². The topological polar surface area (TPSA) is 67.9 Å². The molecule has 1 aliphatic heterocycles. The van der Waals surface area contributed by atoms with E-state index in [-0.39, 0.29) is 30.2 Å². The van der Waals surface area contributed by atoms with Crippen LogP contribution in [0, 0.1) is 11.8 Å². The van der Waals surface area contributed by atoms with Crippen LogP contribution < -0.4 is 19.7 Å². The Hall–Kier alpha value is -2.24. The largest absolute Gasteiger partial charge is 0.493 e. The lowest BCUT2D eigenvalue weighted by Gasteiger charge is -2.30. The SMILES string of the molecule is COc1ccc(N2C[C@H](C(=O)N[C@H]3CCCC[C@@H]3C)CC2=O)cc1OC. The third-order valence-electron chi connectivity index (χ3n) is 5.61. The van der Waals surface area contributed by atoms with Crippen LogP contribution in [0.15, 0.2) is 18.2 Å². The number of hydrogen-bond acceptors (Lipinski definition) is 4. The number of nitrogens with zero attached hydrogens (tertiary/aromatic N) is 1. The van der Waals surface area contributed by atoms with Crippen molar-refractivity contribution in [2.24, 2.45) is 11.8 Å². The Labute approximate surface area is 154 Å². The lowest BCUT2D eigenvalue weighted by atomic mass is 9.85. The minimum absolute atomic E-state index is 0.0000710. The van der Waals surface area contributed by atoms with Crippen LogP contribution in [0.4, 0.5) is 5.69 Å². The molecule has 0 aromatic heterocycles. The average Bonchev–Trinajstić information content (AvgIpc) is 3.05. The van der Waals surface area contributed by atoms with Gasteiger partial charge in [0.05, 0.1) is 20.1 Å². The molecule has 2 fully saturated rings. The van der Waals surface area contributed by atoms with Gasteiger partial charge in [-0.3, -0.25) is 9.59 Å². The van der Waals surface area contributed by atoms with E-state index < -0.39 is 0 Å². The van der Waals surface area contributed by atoms with Crippen molar-refractivity contribution >= 4 is 17.5 Å². The molecule has 6 nitrogen and oxygen atoms in total. The molecule has 0 spiro atoms. The number of ether oxygens (including phenoxy) is 2. The molecule has 6 heteroatoms. The quantitative estimate of drug-likeness (QED) is 0.877. The number of hydrogen-bond donors (Lipinski definition) is 1. The number of nitrogens with one attached hydrogen (secondary N) is 1.